The maximum atomic E-state index is 12.2. The summed E-state index contributed by atoms with van der Waals surface area (Å²) in [6.45, 7) is 0.896. The molecule has 15 N–H and O–H groups in total. The van der Waals surface area contributed by atoms with Crippen molar-refractivity contribution in [3.63, 3.8) is 0 Å². The molecule has 5 aliphatic heterocycles. The van der Waals surface area contributed by atoms with Gasteiger partial charge in [-0.3, -0.25) is 4.79 Å². The average molecular weight is 838 g/mol. The van der Waals surface area contributed by atoms with E-state index in [1.807, 2.05) is 0 Å². The van der Waals surface area contributed by atoms with E-state index in [-0.39, 0.29) is 0 Å². The number of hydrogen-bond acceptors (Lipinski definition) is 24. The molecule has 0 radical (unpaired) electrons. The van der Waals surface area contributed by atoms with Crippen molar-refractivity contribution >= 4 is 5.91 Å². The summed E-state index contributed by atoms with van der Waals surface area (Å²) in [5, 5.41) is 151. The third kappa shape index (κ3) is 9.71. The van der Waals surface area contributed by atoms with E-state index in [2.05, 4.69) is 5.32 Å². The van der Waals surface area contributed by atoms with Crippen molar-refractivity contribution in [3.05, 3.63) is 0 Å². The summed E-state index contributed by atoms with van der Waals surface area (Å²) < 4.78 is 52.1. The fourth-order valence-electron chi connectivity index (χ4n) is 7.28. The highest BCUT2D eigenvalue weighted by molar-refractivity contribution is 5.73. The summed E-state index contributed by atoms with van der Waals surface area (Å²) >= 11 is 0. The van der Waals surface area contributed by atoms with Crippen molar-refractivity contribution in [2.24, 2.45) is 0 Å². The highest BCUT2D eigenvalue weighted by Crippen LogP contribution is 2.37. The summed E-state index contributed by atoms with van der Waals surface area (Å²) in [7, 11) is 0. The molecular weight excluding hydrogens is 782 g/mol. The minimum absolute atomic E-state index is 0.747. The highest BCUT2D eigenvalue weighted by Gasteiger charge is 2.57. The smallest absolute Gasteiger partial charge is 0.217 e. The summed E-state index contributed by atoms with van der Waals surface area (Å²) in [5.41, 5.74) is 0. The van der Waals surface area contributed by atoms with E-state index in [9.17, 15) is 76.3 Å². The molecule has 0 aliphatic carbocycles. The quantitative estimate of drug-likeness (QED) is 0.0867. The molecule has 5 saturated heterocycles. The van der Waals surface area contributed by atoms with Crippen molar-refractivity contribution in [3.8, 4) is 0 Å². The summed E-state index contributed by atoms with van der Waals surface area (Å²) in [6.07, 6.45) is -42.9. The van der Waals surface area contributed by atoms with E-state index in [0.717, 1.165) is 6.92 Å². The van der Waals surface area contributed by atoms with Gasteiger partial charge in [0.1, 0.15) is 110 Å². The number of nitrogens with one attached hydrogen (secondary N) is 1. The Morgan fingerprint density at radius 1 is 0.456 bits per heavy atom. The lowest BCUT2D eigenvalue weighted by Crippen LogP contribution is -2.70. The van der Waals surface area contributed by atoms with Gasteiger partial charge in [0.15, 0.2) is 31.5 Å². The molecule has 1 amide bonds. The zero-order valence-corrected chi connectivity index (χ0v) is 30.9. The lowest BCUT2D eigenvalue weighted by molar-refractivity contribution is -0.408. The van der Waals surface area contributed by atoms with Gasteiger partial charge in [0.25, 0.3) is 0 Å². The summed E-state index contributed by atoms with van der Waals surface area (Å²) in [5.74, 6) is -0.747. The van der Waals surface area contributed by atoms with Gasteiger partial charge in [-0.1, -0.05) is 0 Å². The van der Waals surface area contributed by atoms with Crippen molar-refractivity contribution in [2.75, 3.05) is 19.8 Å². The number of aliphatic hydroxyl groups is 14. The normalized spacial score (nSPS) is 52.3. The molecule has 57 heavy (non-hydrogen) atoms. The Bertz CT molecular complexity index is 1290. The molecule has 0 spiro atoms. The Kier molecular flexibility index (Phi) is 16.0. The standard InChI is InChI=1S/C32H55NO24/c1-7-14(38)19(43)21(45)30(49-7)56-26-23(47)28(48)51-12(6-36)24(26)54-32-27(57-31-22(46)20(44)15(39)8(2)50-31)25(17(41)11(5-35)53-32)55-29-13(33-9(3)37)18(42)16(40)10(4-34)52-29/h7-8,10-32,34-36,38-48H,4-6H2,1-3H3,(H,33,37)/t7-,8-,10+,11+,12+,13+,14+,15+,16-,17-,18+,19+,20+,21-,22-,23+,24-,25-,26+,27+,28?,29+,30-,31-,32-/m0/s1. The van der Waals surface area contributed by atoms with Crippen LogP contribution in [0, 0.1) is 0 Å². The summed E-state index contributed by atoms with van der Waals surface area (Å²) in [4.78, 5) is 12.2. The number of carbonyl (C=O) groups excluding carboxylic acids is 1. The first-order valence-corrected chi connectivity index (χ1v) is 18.3. The zero-order valence-electron chi connectivity index (χ0n) is 30.9. The van der Waals surface area contributed by atoms with Gasteiger partial charge in [-0.15, -0.1) is 0 Å². The Hall–Kier alpha value is -1.45. The average Bonchev–Trinajstić information content (AvgIpc) is 3.18. The largest absolute Gasteiger partial charge is 0.394 e. The van der Waals surface area contributed by atoms with Gasteiger partial charge in [-0.2, -0.15) is 0 Å². The second-order valence-electron chi connectivity index (χ2n) is 14.7. The minimum atomic E-state index is -2.07. The van der Waals surface area contributed by atoms with Crippen LogP contribution in [0.4, 0.5) is 0 Å². The maximum Gasteiger partial charge on any atom is 0.217 e. The lowest BCUT2D eigenvalue weighted by Gasteiger charge is -2.51. The van der Waals surface area contributed by atoms with Gasteiger partial charge in [0, 0.05) is 6.92 Å². The molecule has 25 heteroatoms. The molecule has 25 atom stereocenters. The monoisotopic (exact) mass is 837 g/mol. The number of amides is 1. The molecule has 0 saturated carbocycles. The van der Waals surface area contributed by atoms with E-state index in [1.54, 1.807) is 0 Å². The van der Waals surface area contributed by atoms with Crippen LogP contribution in [-0.2, 0) is 47.4 Å². The zero-order chi connectivity index (χ0) is 42.2. The van der Waals surface area contributed by atoms with Crippen molar-refractivity contribution in [2.45, 2.75) is 174 Å². The molecule has 5 fully saturated rings. The van der Waals surface area contributed by atoms with Crippen LogP contribution in [0.1, 0.15) is 20.8 Å². The van der Waals surface area contributed by atoms with Gasteiger partial charge in [0.2, 0.25) is 5.91 Å². The van der Waals surface area contributed by atoms with Crippen LogP contribution < -0.4 is 5.32 Å². The van der Waals surface area contributed by atoms with E-state index >= 15 is 0 Å². The van der Waals surface area contributed by atoms with Crippen LogP contribution in [0.3, 0.4) is 0 Å². The minimum Gasteiger partial charge on any atom is -0.394 e. The number of ether oxygens (including phenoxy) is 9. The number of rotatable bonds is 12. The first-order valence-electron chi connectivity index (χ1n) is 18.3. The fourth-order valence-corrected chi connectivity index (χ4v) is 7.28. The Morgan fingerprint density at radius 2 is 0.895 bits per heavy atom. The number of hydrogen-bond donors (Lipinski definition) is 15. The fraction of sp³-hybridized carbons (Fsp3) is 0.969. The van der Waals surface area contributed by atoms with Gasteiger partial charge in [-0.25, -0.2) is 0 Å². The van der Waals surface area contributed by atoms with Crippen LogP contribution >= 0.6 is 0 Å². The summed E-state index contributed by atoms with van der Waals surface area (Å²) in [6, 6.07) is -1.60. The first-order chi connectivity index (χ1) is 26.8. The molecule has 0 aromatic rings. The molecule has 0 aromatic heterocycles. The van der Waals surface area contributed by atoms with E-state index in [1.165, 1.54) is 13.8 Å². The van der Waals surface area contributed by atoms with Gasteiger partial charge >= 0.3 is 0 Å². The maximum absolute atomic E-state index is 12.2. The van der Waals surface area contributed by atoms with Crippen LogP contribution in [-0.4, -0.2) is 251 Å². The van der Waals surface area contributed by atoms with Crippen molar-refractivity contribution < 1.29 is 119 Å². The molecule has 5 heterocycles. The Balaban J connectivity index is 1.54. The van der Waals surface area contributed by atoms with Crippen molar-refractivity contribution in [1.82, 2.24) is 5.32 Å². The second-order valence-corrected chi connectivity index (χ2v) is 14.7. The lowest BCUT2D eigenvalue weighted by atomic mass is 9.94. The van der Waals surface area contributed by atoms with Crippen LogP contribution in [0.15, 0.2) is 0 Å². The predicted molar refractivity (Wildman–Crippen MR) is 175 cm³/mol. The third-order valence-corrected chi connectivity index (χ3v) is 10.6. The van der Waals surface area contributed by atoms with Crippen molar-refractivity contribution in [1.29, 1.82) is 0 Å². The molecule has 5 aliphatic rings. The molecule has 0 aromatic carbocycles. The van der Waals surface area contributed by atoms with E-state index in [4.69, 9.17) is 42.6 Å². The Morgan fingerprint density at radius 3 is 1.40 bits per heavy atom. The molecule has 1 unspecified atom stereocenters. The van der Waals surface area contributed by atoms with Crippen LogP contribution in [0.5, 0.6) is 0 Å². The van der Waals surface area contributed by atoms with E-state index in [0.29, 0.717) is 0 Å². The SMILES string of the molecule is CC(=O)N[C@H]1[C@@H](O[C@H]2[C@@H](O)[C@@H](CO)O[C@@H](O[C@@H]3[C@H](O[C@@H]4O[C@@H](C)[C@@H](O)[C@@H](O)[C@@H]4O)[C@@H](O)C(O)O[C@@H]3CO)[C@@H]2O[C@@H]2O[C@@H](C)[C@@H](O)[C@@H](O)[C@@H]2O)O[C@H](CO)[C@H](O)[C@@H]1O. The number of aliphatic hydroxyl groups excluding tert-OH is 14. The van der Waals surface area contributed by atoms with E-state index < -0.39 is 179 Å². The predicted octanol–water partition coefficient (Wildman–Crippen LogP) is -9.73. The second kappa shape index (κ2) is 19.5. The number of carbonyl (C=O) groups is 1. The molecule has 0 bridgehead atoms. The van der Waals surface area contributed by atoms with Gasteiger partial charge in [0.05, 0.1) is 32.0 Å². The molecule has 5 rings (SSSR count). The molecule has 25 nitrogen and oxygen atoms in total. The first kappa shape index (κ1) is 46.6. The molecule has 332 valence electrons. The Labute approximate surface area is 324 Å². The molecular formula is C32H55NO24. The van der Waals surface area contributed by atoms with Crippen LogP contribution in [0.2, 0.25) is 0 Å². The highest BCUT2D eigenvalue weighted by atomic mass is 16.8. The van der Waals surface area contributed by atoms with Crippen LogP contribution in [0.25, 0.3) is 0 Å². The third-order valence-electron chi connectivity index (χ3n) is 10.6. The van der Waals surface area contributed by atoms with Gasteiger partial charge < -0.3 is 119 Å². The van der Waals surface area contributed by atoms with Gasteiger partial charge in [-0.05, 0) is 13.8 Å². The topological polar surface area (TPSA) is 395 Å².